The smallest absolute Gasteiger partial charge is 0.256 e. The van der Waals surface area contributed by atoms with E-state index < -0.39 is 0 Å². The van der Waals surface area contributed by atoms with Crippen molar-refractivity contribution in [2.24, 2.45) is 5.92 Å². The van der Waals surface area contributed by atoms with Gasteiger partial charge in [0.2, 0.25) is 5.91 Å². The van der Waals surface area contributed by atoms with Gasteiger partial charge in [0.1, 0.15) is 5.75 Å². The first-order valence-corrected chi connectivity index (χ1v) is 10.7. The van der Waals surface area contributed by atoms with Crippen LogP contribution in [0.5, 0.6) is 5.75 Å². The van der Waals surface area contributed by atoms with E-state index in [0.717, 1.165) is 36.0 Å². The summed E-state index contributed by atoms with van der Waals surface area (Å²) in [5.41, 5.74) is 2.68. The van der Waals surface area contributed by atoms with E-state index in [1.165, 1.54) is 12.8 Å². The van der Waals surface area contributed by atoms with Crippen molar-refractivity contribution in [2.75, 3.05) is 20.2 Å². The van der Waals surface area contributed by atoms with Gasteiger partial charge in [-0.1, -0.05) is 37.3 Å². The first-order chi connectivity index (χ1) is 14.6. The van der Waals surface area contributed by atoms with Gasteiger partial charge in [0.15, 0.2) is 0 Å². The summed E-state index contributed by atoms with van der Waals surface area (Å²) < 4.78 is 5.32. The molecular formula is C25H28N2O3. The van der Waals surface area contributed by atoms with Crippen LogP contribution < -0.4 is 10.3 Å². The number of nitrogens with one attached hydrogen (secondary N) is 1. The molecule has 2 aromatic carbocycles. The lowest BCUT2D eigenvalue weighted by Crippen LogP contribution is -2.35. The van der Waals surface area contributed by atoms with Crippen molar-refractivity contribution in [2.45, 2.75) is 32.6 Å². The summed E-state index contributed by atoms with van der Waals surface area (Å²) in [6.07, 6.45) is 3.55. The van der Waals surface area contributed by atoms with Crippen molar-refractivity contribution in [3.8, 4) is 16.9 Å². The minimum atomic E-state index is -0.186. The average molecular weight is 405 g/mol. The van der Waals surface area contributed by atoms with Crippen LogP contribution in [0.4, 0.5) is 0 Å². The predicted octanol–water partition coefficient (Wildman–Crippen LogP) is 4.39. The lowest BCUT2D eigenvalue weighted by Gasteiger charge is -2.23. The van der Waals surface area contributed by atoms with Gasteiger partial charge >= 0.3 is 0 Å². The van der Waals surface area contributed by atoms with Crippen LogP contribution in [0.2, 0.25) is 0 Å². The molecule has 0 saturated heterocycles. The maximum absolute atomic E-state index is 13.3. The lowest BCUT2D eigenvalue weighted by atomic mass is 9.94. The van der Waals surface area contributed by atoms with Gasteiger partial charge in [-0.2, -0.15) is 0 Å². The summed E-state index contributed by atoms with van der Waals surface area (Å²) in [4.78, 5) is 31.4. The Hall–Kier alpha value is -3.08. The first-order valence-electron chi connectivity index (χ1n) is 10.7. The van der Waals surface area contributed by atoms with Gasteiger partial charge < -0.3 is 14.6 Å². The van der Waals surface area contributed by atoms with Crippen molar-refractivity contribution in [3.05, 3.63) is 64.4 Å². The van der Waals surface area contributed by atoms with Crippen LogP contribution in [0.25, 0.3) is 22.0 Å². The Kier molecular flexibility index (Phi) is 5.88. The molecule has 1 aliphatic rings. The highest BCUT2D eigenvalue weighted by molar-refractivity contribution is 5.94. The van der Waals surface area contributed by atoms with Gasteiger partial charge in [0.25, 0.3) is 5.56 Å². The van der Waals surface area contributed by atoms with E-state index in [-0.39, 0.29) is 17.9 Å². The minimum Gasteiger partial charge on any atom is -0.497 e. The Labute approximate surface area is 176 Å². The summed E-state index contributed by atoms with van der Waals surface area (Å²) in [7, 11) is 1.60. The number of methoxy groups -OCH3 is 1. The van der Waals surface area contributed by atoms with E-state index in [1.807, 2.05) is 53.4 Å². The molecule has 1 aromatic heterocycles. The number of fused-ring (bicyclic) bond motifs is 1. The maximum Gasteiger partial charge on any atom is 0.256 e. The highest BCUT2D eigenvalue weighted by atomic mass is 16.5. The second-order valence-corrected chi connectivity index (χ2v) is 8.05. The molecule has 1 N–H and O–H groups in total. The zero-order chi connectivity index (χ0) is 21.1. The van der Waals surface area contributed by atoms with Crippen LogP contribution >= 0.6 is 0 Å². The molecule has 1 fully saturated rings. The van der Waals surface area contributed by atoms with Gasteiger partial charge in [-0.05, 0) is 48.4 Å². The van der Waals surface area contributed by atoms with Crippen molar-refractivity contribution in [1.82, 2.24) is 9.88 Å². The average Bonchev–Trinajstić information content (AvgIpc) is 3.57. The summed E-state index contributed by atoms with van der Waals surface area (Å²) in [6.45, 7) is 3.67. The molecule has 1 amide bonds. The van der Waals surface area contributed by atoms with Crippen molar-refractivity contribution in [1.29, 1.82) is 0 Å². The van der Waals surface area contributed by atoms with Crippen LogP contribution in [0, 0.1) is 5.92 Å². The molecule has 0 unspecified atom stereocenters. The highest BCUT2D eigenvalue weighted by Gasteiger charge is 2.27. The molecule has 0 radical (unpaired) electrons. The number of benzene rings is 2. The fourth-order valence-electron chi connectivity index (χ4n) is 4.03. The van der Waals surface area contributed by atoms with Crippen LogP contribution in [-0.2, 0) is 11.2 Å². The molecule has 4 rings (SSSR count). The van der Waals surface area contributed by atoms with E-state index in [2.05, 4.69) is 11.9 Å². The number of hydrogen-bond acceptors (Lipinski definition) is 3. The van der Waals surface area contributed by atoms with Crippen molar-refractivity contribution in [3.63, 3.8) is 0 Å². The SMILES string of the molecule is CCCN(CC1CC1)C(=O)Cc1c(-c2ccccc2)c(=O)[nH]c2cc(OC)ccc12. The van der Waals surface area contributed by atoms with Gasteiger partial charge in [-0.25, -0.2) is 0 Å². The molecule has 5 heteroatoms. The molecule has 0 atom stereocenters. The summed E-state index contributed by atoms with van der Waals surface area (Å²) in [5.74, 6) is 1.39. The second-order valence-electron chi connectivity index (χ2n) is 8.05. The number of rotatable bonds is 8. The number of aromatic nitrogens is 1. The van der Waals surface area contributed by atoms with Crippen molar-refractivity contribution >= 4 is 16.8 Å². The quantitative estimate of drug-likeness (QED) is 0.605. The lowest BCUT2D eigenvalue weighted by molar-refractivity contribution is -0.130. The summed E-state index contributed by atoms with van der Waals surface area (Å²) >= 11 is 0. The van der Waals surface area contributed by atoms with E-state index in [0.29, 0.717) is 22.7 Å². The van der Waals surface area contributed by atoms with Gasteiger partial charge in [0, 0.05) is 24.5 Å². The number of carbonyl (C=O) groups excluding carboxylic acids is 1. The van der Waals surface area contributed by atoms with Gasteiger partial charge in [0.05, 0.1) is 24.6 Å². The highest BCUT2D eigenvalue weighted by Crippen LogP contribution is 2.32. The van der Waals surface area contributed by atoms with E-state index in [9.17, 15) is 9.59 Å². The number of amides is 1. The normalized spacial score (nSPS) is 13.4. The Morgan fingerprint density at radius 1 is 1.17 bits per heavy atom. The van der Waals surface area contributed by atoms with E-state index in [4.69, 9.17) is 4.74 Å². The topological polar surface area (TPSA) is 62.4 Å². The Balaban J connectivity index is 1.82. The van der Waals surface area contributed by atoms with Crippen LogP contribution in [0.1, 0.15) is 31.7 Å². The molecule has 5 nitrogen and oxygen atoms in total. The number of hydrogen-bond donors (Lipinski definition) is 1. The monoisotopic (exact) mass is 404 g/mol. The largest absolute Gasteiger partial charge is 0.497 e. The molecule has 1 saturated carbocycles. The Morgan fingerprint density at radius 3 is 2.60 bits per heavy atom. The van der Waals surface area contributed by atoms with Crippen LogP contribution in [0.15, 0.2) is 53.3 Å². The predicted molar refractivity (Wildman–Crippen MR) is 120 cm³/mol. The third-order valence-corrected chi connectivity index (χ3v) is 5.74. The standard InChI is InChI=1S/C25H28N2O3/c1-3-13-27(16-17-9-10-17)23(28)15-21-20-12-11-19(30-2)14-22(20)26-25(29)24(21)18-7-5-4-6-8-18/h4-8,11-12,14,17H,3,9-10,13,15-16H2,1-2H3,(H,26,29). The summed E-state index contributed by atoms with van der Waals surface area (Å²) in [6, 6.07) is 15.2. The number of aromatic amines is 1. The van der Waals surface area contributed by atoms with E-state index >= 15 is 0 Å². The fraction of sp³-hybridized carbons (Fsp3) is 0.360. The third-order valence-electron chi connectivity index (χ3n) is 5.74. The minimum absolute atomic E-state index is 0.0867. The molecule has 0 spiro atoms. The first kappa shape index (κ1) is 20.2. The number of pyridine rings is 1. The number of nitrogens with zero attached hydrogens (tertiary/aromatic N) is 1. The molecular weight excluding hydrogens is 376 g/mol. The second kappa shape index (κ2) is 8.74. The summed E-state index contributed by atoms with van der Waals surface area (Å²) in [5, 5.41) is 0.880. The molecule has 156 valence electrons. The van der Waals surface area contributed by atoms with E-state index in [1.54, 1.807) is 7.11 Å². The molecule has 3 aromatic rings. The maximum atomic E-state index is 13.3. The Morgan fingerprint density at radius 2 is 1.93 bits per heavy atom. The zero-order valence-electron chi connectivity index (χ0n) is 17.6. The van der Waals surface area contributed by atoms with Crippen LogP contribution in [0.3, 0.4) is 0 Å². The zero-order valence-corrected chi connectivity index (χ0v) is 17.6. The molecule has 1 aliphatic carbocycles. The Bertz CT molecular complexity index is 1100. The fourth-order valence-corrected chi connectivity index (χ4v) is 4.03. The van der Waals surface area contributed by atoms with Gasteiger partial charge in [-0.15, -0.1) is 0 Å². The molecule has 30 heavy (non-hydrogen) atoms. The van der Waals surface area contributed by atoms with Gasteiger partial charge in [-0.3, -0.25) is 9.59 Å². The number of carbonyl (C=O) groups is 1. The molecule has 0 bridgehead atoms. The number of H-pyrrole nitrogens is 1. The third kappa shape index (κ3) is 4.25. The van der Waals surface area contributed by atoms with Crippen LogP contribution in [-0.4, -0.2) is 36.0 Å². The van der Waals surface area contributed by atoms with Crippen molar-refractivity contribution < 1.29 is 9.53 Å². The molecule has 0 aliphatic heterocycles. The number of ether oxygens (including phenoxy) is 1. The molecule has 1 heterocycles.